The monoisotopic (exact) mass is 531 g/mol. The summed E-state index contributed by atoms with van der Waals surface area (Å²) in [6.45, 7) is 1.77. The minimum absolute atomic E-state index is 0.0552. The standard InChI is InChI=1S/C29H25N9O2/c1-18(32-28(39)24-25(30)35-37-16-7-15-31-27(24)37)26-33-22-11-6-8-19(12-13-20-14-17-36(2)34-20)23(22)29(40)38(26)21-9-4-3-5-10-21/h3-18H,1-2H3,(H2,30,35)(H,32,39)/b13-12+/t18-/m0/s1. The zero-order valence-corrected chi connectivity index (χ0v) is 21.8. The van der Waals surface area contributed by atoms with E-state index in [-0.39, 0.29) is 16.9 Å². The van der Waals surface area contributed by atoms with Gasteiger partial charge in [-0.25, -0.2) is 14.5 Å². The van der Waals surface area contributed by atoms with Crippen molar-refractivity contribution in [1.82, 2.24) is 39.2 Å². The predicted octanol–water partition coefficient (Wildman–Crippen LogP) is 3.41. The fourth-order valence-corrected chi connectivity index (χ4v) is 4.68. The summed E-state index contributed by atoms with van der Waals surface area (Å²) in [6.07, 6.45) is 8.79. The lowest BCUT2D eigenvalue weighted by atomic mass is 10.1. The van der Waals surface area contributed by atoms with Gasteiger partial charge in [-0.15, -0.1) is 5.10 Å². The molecule has 3 N–H and O–H groups in total. The number of carbonyl (C=O) groups excluding carboxylic acids is 1. The van der Waals surface area contributed by atoms with Gasteiger partial charge < -0.3 is 11.1 Å². The first kappa shape index (κ1) is 24.7. The zero-order chi connectivity index (χ0) is 27.8. The molecule has 11 heteroatoms. The van der Waals surface area contributed by atoms with E-state index in [1.54, 1.807) is 36.1 Å². The Hall–Kier alpha value is -5.58. The van der Waals surface area contributed by atoms with E-state index in [0.29, 0.717) is 33.6 Å². The Kier molecular flexibility index (Phi) is 6.15. The Labute approximate surface area is 228 Å². The van der Waals surface area contributed by atoms with Gasteiger partial charge >= 0.3 is 0 Å². The average Bonchev–Trinajstić information content (AvgIpc) is 3.53. The van der Waals surface area contributed by atoms with Crippen LogP contribution in [0, 0.1) is 0 Å². The Morgan fingerprint density at radius 1 is 1.00 bits per heavy atom. The number of rotatable bonds is 6. The van der Waals surface area contributed by atoms with Crippen molar-refractivity contribution in [2.75, 3.05) is 5.73 Å². The molecular formula is C29H25N9O2. The lowest BCUT2D eigenvalue weighted by Gasteiger charge is -2.20. The highest BCUT2D eigenvalue weighted by atomic mass is 16.2. The van der Waals surface area contributed by atoms with E-state index >= 15 is 0 Å². The topological polar surface area (TPSA) is 138 Å². The van der Waals surface area contributed by atoms with Gasteiger partial charge in [0, 0.05) is 25.6 Å². The first-order valence-electron chi connectivity index (χ1n) is 12.6. The summed E-state index contributed by atoms with van der Waals surface area (Å²) >= 11 is 0. The van der Waals surface area contributed by atoms with Gasteiger partial charge in [-0.2, -0.15) is 5.10 Å². The van der Waals surface area contributed by atoms with Crippen molar-refractivity contribution in [3.05, 3.63) is 112 Å². The van der Waals surface area contributed by atoms with E-state index < -0.39 is 11.9 Å². The highest BCUT2D eigenvalue weighted by Crippen LogP contribution is 2.23. The summed E-state index contributed by atoms with van der Waals surface area (Å²) in [5.74, 6) is -0.0507. The minimum Gasteiger partial charge on any atom is -0.381 e. The molecule has 0 bridgehead atoms. The zero-order valence-electron chi connectivity index (χ0n) is 21.8. The molecule has 6 rings (SSSR count). The Balaban J connectivity index is 1.46. The van der Waals surface area contributed by atoms with Gasteiger partial charge in [0.1, 0.15) is 11.4 Å². The molecule has 4 aromatic heterocycles. The molecule has 11 nitrogen and oxygen atoms in total. The summed E-state index contributed by atoms with van der Waals surface area (Å²) in [6, 6.07) is 17.6. The average molecular weight is 532 g/mol. The third kappa shape index (κ3) is 4.39. The normalized spacial score (nSPS) is 12.3. The van der Waals surface area contributed by atoms with Crippen LogP contribution >= 0.6 is 0 Å². The number of nitrogens with one attached hydrogen (secondary N) is 1. The van der Waals surface area contributed by atoms with E-state index in [4.69, 9.17) is 10.7 Å². The maximum atomic E-state index is 14.1. The van der Waals surface area contributed by atoms with Crippen LogP contribution in [0.3, 0.4) is 0 Å². The Morgan fingerprint density at radius 3 is 2.60 bits per heavy atom. The highest BCUT2D eigenvalue weighted by Gasteiger charge is 2.24. The summed E-state index contributed by atoms with van der Waals surface area (Å²) in [5.41, 5.74) is 8.90. The van der Waals surface area contributed by atoms with E-state index in [2.05, 4.69) is 20.5 Å². The van der Waals surface area contributed by atoms with Gasteiger partial charge in [-0.1, -0.05) is 36.4 Å². The molecule has 0 fully saturated rings. The quantitative estimate of drug-likeness (QED) is 0.336. The molecule has 1 amide bonds. The second-order valence-electron chi connectivity index (χ2n) is 9.28. The number of aryl methyl sites for hydroxylation is 1. The van der Waals surface area contributed by atoms with Crippen molar-refractivity contribution >= 4 is 40.4 Å². The van der Waals surface area contributed by atoms with Gasteiger partial charge in [0.2, 0.25) is 0 Å². The molecule has 0 aliphatic heterocycles. The number of nitrogens with zero attached hydrogens (tertiary/aromatic N) is 7. The Morgan fingerprint density at radius 2 is 1.82 bits per heavy atom. The van der Waals surface area contributed by atoms with Crippen molar-refractivity contribution in [1.29, 1.82) is 0 Å². The number of benzene rings is 2. The summed E-state index contributed by atoms with van der Waals surface area (Å²) in [7, 11) is 1.85. The molecule has 198 valence electrons. The highest BCUT2D eigenvalue weighted by molar-refractivity contribution is 6.04. The molecule has 0 radical (unpaired) electrons. The van der Waals surface area contributed by atoms with E-state index in [1.165, 1.54) is 9.08 Å². The number of aromatic nitrogens is 7. The van der Waals surface area contributed by atoms with Gasteiger partial charge in [0.15, 0.2) is 11.5 Å². The molecule has 0 saturated carbocycles. The van der Waals surface area contributed by atoms with Crippen LogP contribution in [0.25, 0.3) is 34.4 Å². The van der Waals surface area contributed by atoms with Crippen LogP contribution in [0.2, 0.25) is 0 Å². The van der Waals surface area contributed by atoms with Crippen LogP contribution in [0.1, 0.15) is 40.4 Å². The largest absolute Gasteiger partial charge is 0.381 e. The SMILES string of the molecule is C[C@H](NC(=O)c1c(N)nn2cccnc12)c1nc2cccc(/C=C/c3ccn(C)n3)c2c(=O)n1-c1ccccc1. The summed E-state index contributed by atoms with van der Waals surface area (Å²) in [4.78, 5) is 36.7. The number of nitrogen functional groups attached to an aromatic ring is 1. The molecule has 6 aromatic rings. The fourth-order valence-electron chi connectivity index (χ4n) is 4.68. The van der Waals surface area contributed by atoms with Gasteiger partial charge in [-0.3, -0.25) is 18.8 Å². The third-order valence-electron chi connectivity index (χ3n) is 6.52. The second-order valence-corrected chi connectivity index (χ2v) is 9.28. The molecule has 0 saturated heterocycles. The number of hydrogen-bond donors (Lipinski definition) is 2. The number of anilines is 1. The van der Waals surface area contributed by atoms with Gasteiger partial charge in [0.25, 0.3) is 11.5 Å². The molecule has 0 unspecified atom stereocenters. The molecule has 40 heavy (non-hydrogen) atoms. The molecule has 2 aromatic carbocycles. The molecule has 4 heterocycles. The van der Waals surface area contributed by atoms with Crippen molar-refractivity contribution in [3.63, 3.8) is 0 Å². The molecule has 0 aliphatic rings. The smallest absolute Gasteiger partial charge is 0.266 e. The van der Waals surface area contributed by atoms with Crippen LogP contribution in [0.5, 0.6) is 0 Å². The van der Waals surface area contributed by atoms with E-state index in [0.717, 1.165) is 5.69 Å². The lowest BCUT2D eigenvalue weighted by Crippen LogP contribution is -2.33. The van der Waals surface area contributed by atoms with E-state index in [9.17, 15) is 9.59 Å². The van der Waals surface area contributed by atoms with Crippen molar-refractivity contribution in [3.8, 4) is 5.69 Å². The number of fused-ring (bicyclic) bond motifs is 2. The molecular weight excluding hydrogens is 506 g/mol. The van der Waals surface area contributed by atoms with E-state index in [1.807, 2.05) is 73.9 Å². The lowest BCUT2D eigenvalue weighted by molar-refractivity contribution is 0.0940. The third-order valence-corrected chi connectivity index (χ3v) is 6.52. The second kappa shape index (κ2) is 9.95. The van der Waals surface area contributed by atoms with Crippen LogP contribution in [0.4, 0.5) is 5.82 Å². The number of hydrogen-bond acceptors (Lipinski definition) is 7. The van der Waals surface area contributed by atoms with Crippen molar-refractivity contribution < 1.29 is 4.79 Å². The molecule has 0 spiro atoms. The van der Waals surface area contributed by atoms with Crippen LogP contribution in [-0.4, -0.2) is 39.8 Å². The molecule has 1 atom stereocenters. The maximum absolute atomic E-state index is 14.1. The minimum atomic E-state index is -0.671. The first-order valence-corrected chi connectivity index (χ1v) is 12.6. The molecule has 0 aliphatic carbocycles. The summed E-state index contributed by atoms with van der Waals surface area (Å²) in [5, 5.41) is 11.9. The number of nitrogens with two attached hydrogens (primary N) is 1. The van der Waals surface area contributed by atoms with Crippen LogP contribution < -0.4 is 16.6 Å². The van der Waals surface area contributed by atoms with Crippen LogP contribution in [0.15, 0.2) is 84.0 Å². The first-order chi connectivity index (χ1) is 19.4. The van der Waals surface area contributed by atoms with Crippen molar-refractivity contribution in [2.45, 2.75) is 13.0 Å². The Bertz CT molecular complexity index is 1970. The van der Waals surface area contributed by atoms with Gasteiger partial charge in [0.05, 0.1) is 28.3 Å². The maximum Gasteiger partial charge on any atom is 0.266 e. The number of para-hydroxylation sites is 1. The summed E-state index contributed by atoms with van der Waals surface area (Å²) < 4.78 is 4.69. The number of amides is 1. The predicted molar refractivity (Wildman–Crippen MR) is 153 cm³/mol. The fraction of sp³-hybridized carbons (Fsp3) is 0.103. The van der Waals surface area contributed by atoms with Gasteiger partial charge in [-0.05, 0) is 48.9 Å². The van der Waals surface area contributed by atoms with Crippen molar-refractivity contribution in [2.24, 2.45) is 7.05 Å². The van der Waals surface area contributed by atoms with Crippen LogP contribution in [-0.2, 0) is 7.05 Å². The number of carbonyl (C=O) groups is 1.